The van der Waals surface area contributed by atoms with Crippen LogP contribution >= 0.6 is 0 Å². The van der Waals surface area contributed by atoms with E-state index in [4.69, 9.17) is 0 Å². The Morgan fingerprint density at radius 3 is 1.59 bits per heavy atom. The van der Waals surface area contributed by atoms with Gasteiger partial charge in [0.1, 0.15) is 0 Å². The van der Waals surface area contributed by atoms with E-state index in [0.717, 1.165) is 25.0 Å². The molecular weight excluding hydrogens is 389 g/mol. The second-order valence-electron chi connectivity index (χ2n) is 7.81. The van der Waals surface area contributed by atoms with Gasteiger partial charge in [-0.1, -0.05) is 90.4 Å². The molecule has 1 amide bonds. The quantitative estimate of drug-likeness (QED) is 0.226. The van der Waals surface area contributed by atoms with Crippen LogP contribution in [0.2, 0.25) is 0 Å². The van der Waals surface area contributed by atoms with E-state index in [1.165, 1.54) is 89.2 Å². The molecule has 1 rings (SSSR count). The minimum absolute atomic E-state index is 0.262. The van der Waals surface area contributed by atoms with Crippen LogP contribution in [0.5, 0.6) is 0 Å². The first kappa shape index (κ1) is 25.6. The lowest BCUT2D eigenvalue weighted by Crippen LogP contribution is -2.24. The Labute approximate surface area is 176 Å². The highest BCUT2D eigenvalue weighted by Gasteiger charge is 2.12. The molecule has 0 spiro atoms. The van der Waals surface area contributed by atoms with Gasteiger partial charge in [-0.2, -0.15) is 8.42 Å². The van der Waals surface area contributed by atoms with Gasteiger partial charge in [0.15, 0.2) is 0 Å². The molecule has 1 aromatic rings. The molecule has 0 bridgehead atoms. The summed E-state index contributed by atoms with van der Waals surface area (Å²) in [5.74, 6) is -0.262. The van der Waals surface area contributed by atoms with Crippen LogP contribution in [-0.2, 0) is 10.2 Å². The lowest BCUT2D eigenvalue weighted by molar-refractivity contribution is 0.0953. The summed E-state index contributed by atoms with van der Waals surface area (Å²) >= 11 is 0. The first-order valence-corrected chi connectivity index (χ1v) is 12.7. The largest absolute Gasteiger partial charge is 0.352 e. The lowest BCUT2D eigenvalue weighted by Gasteiger charge is -2.06. The van der Waals surface area contributed by atoms with Gasteiger partial charge in [0.05, 0.1) is 4.90 Å². The average Bonchev–Trinajstić information content (AvgIpc) is 2.70. The molecule has 0 aliphatic rings. The van der Waals surface area contributed by atoms with Crippen LogP contribution in [-0.4, -0.2) is 20.9 Å². The molecule has 0 radical (unpaired) electrons. The number of carbonyl (C=O) groups is 1. The zero-order valence-electron chi connectivity index (χ0n) is 17.9. The normalized spacial score (nSPS) is 11.5. The molecule has 0 saturated heterocycles. The number of amides is 1. The van der Waals surface area contributed by atoms with E-state index in [1.807, 2.05) is 0 Å². The summed E-state index contributed by atoms with van der Waals surface area (Å²) < 4.78 is 34.4. The molecule has 1 N–H and O–H groups in total. The van der Waals surface area contributed by atoms with Crippen LogP contribution in [0.25, 0.3) is 0 Å². The fraction of sp³-hybridized carbons (Fsp3) is 0.696. The smallest absolute Gasteiger partial charge is 0.332 e. The summed E-state index contributed by atoms with van der Waals surface area (Å²) in [5, 5.41) is 2.82. The molecule has 0 saturated carbocycles. The van der Waals surface area contributed by atoms with Crippen molar-refractivity contribution in [3.8, 4) is 0 Å². The fourth-order valence-corrected chi connectivity index (χ4v) is 3.85. The maximum absolute atomic E-state index is 12.8. The van der Waals surface area contributed by atoms with Gasteiger partial charge in [-0.25, -0.2) is 0 Å². The highest BCUT2D eigenvalue weighted by atomic mass is 32.3. The second kappa shape index (κ2) is 15.4. The number of rotatable bonds is 17. The fourth-order valence-electron chi connectivity index (χ4n) is 3.39. The Bertz CT molecular complexity index is 659. The molecule has 0 unspecified atom stereocenters. The van der Waals surface area contributed by atoms with E-state index in [-0.39, 0.29) is 5.91 Å². The number of benzene rings is 1. The van der Waals surface area contributed by atoms with Gasteiger partial charge in [-0.3, -0.25) is 4.79 Å². The van der Waals surface area contributed by atoms with Crippen LogP contribution in [0, 0.1) is 0 Å². The lowest BCUT2D eigenvalue weighted by atomic mass is 10.0. The summed E-state index contributed by atoms with van der Waals surface area (Å²) in [4.78, 5) is 11.6. The van der Waals surface area contributed by atoms with Gasteiger partial charge in [0.2, 0.25) is 0 Å². The Kier molecular flexibility index (Phi) is 13.6. The summed E-state index contributed by atoms with van der Waals surface area (Å²) in [6.45, 7) is 2.85. The Morgan fingerprint density at radius 2 is 1.17 bits per heavy atom. The van der Waals surface area contributed by atoms with Gasteiger partial charge in [-0.05, 0) is 30.7 Å². The van der Waals surface area contributed by atoms with Gasteiger partial charge < -0.3 is 5.32 Å². The van der Waals surface area contributed by atoms with Gasteiger partial charge in [0.25, 0.3) is 5.91 Å². The molecule has 0 atom stereocenters. The van der Waals surface area contributed by atoms with E-state index in [1.54, 1.807) is 0 Å². The molecule has 0 aliphatic heterocycles. The van der Waals surface area contributed by atoms with Crippen LogP contribution in [0.1, 0.15) is 107 Å². The predicted octanol–water partition coefficient (Wildman–Crippen LogP) is 6.56. The molecule has 0 heterocycles. The van der Waals surface area contributed by atoms with Crippen molar-refractivity contribution in [2.24, 2.45) is 0 Å². The van der Waals surface area contributed by atoms with Crippen molar-refractivity contribution < 1.29 is 17.1 Å². The van der Waals surface area contributed by atoms with Crippen LogP contribution in [0.3, 0.4) is 0 Å². The summed E-state index contributed by atoms with van der Waals surface area (Å²) in [5.41, 5.74) is 0.336. The molecule has 1 aromatic carbocycles. The molecule has 166 valence electrons. The third-order valence-corrected chi connectivity index (χ3v) is 6.05. The number of hydrogen-bond donors (Lipinski definition) is 1. The summed E-state index contributed by atoms with van der Waals surface area (Å²) in [6, 6.07) is 4.87. The monoisotopic (exact) mass is 427 g/mol. The molecule has 0 fully saturated rings. The Morgan fingerprint density at radius 1 is 0.759 bits per heavy atom. The summed E-state index contributed by atoms with van der Waals surface area (Å²) in [7, 11) is -4.72. The van der Waals surface area contributed by atoms with Crippen molar-refractivity contribution >= 4 is 16.1 Å². The second-order valence-corrected chi connectivity index (χ2v) is 9.16. The van der Waals surface area contributed by atoms with Crippen LogP contribution < -0.4 is 5.32 Å². The van der Waals surface area contributed by atoms with Gasteiger partial charge in [-0.15, -0.1) is 3.89 Å². The van der Waals surface area contributed by atoms with Crippen molar-refractivity contribution in [3.63, 3.8) is 0 Å². The predicted molar refractivity (Wildman–Crippen MR) is 117 cm³/mol. The van der Waals surface area contributed by atoms with E-state index in [0.29, 0.717) is 12.1 Å². The first-order valence-electron chi connectivity index (χ1n) is 11.3. The molecule has 0 aromatic heterocycles. The number of nitrogens with one attached hydrogen (secondary N) is 1. The summed E-state index contributed by atoms with van der Waals surface area (Å²) in [6.07, 6.45) is 18.1. The van der Waals surface area contributed by atoms with Crippen molar-refractivity contribution in [1.29, 1.82) is 0 Å². The minimum atomic E-state index is -4.72. The van der Waals surface area contributed by atoms with Crippen molar-refractivity contribution in [2.75, 3.05) is 6.54 Å². The Hall–Kier alpha value is -1.43. The van der Waals surface area contributed by atoms with Gasteiger partial charge >= 0.3 is 10.2 Å². The van der Waals surface area contributed by atoms with E-state index >= 15 is 0 Å². The van der Waals surface area contributed by atoms with Crippen molar-refractivity contribution in [1.82, 2.24) is 5.32 Å². The van der Waals surface area contributed by atoms with Crippen molar-refractivity contribution in [3.05, 3.63) is 29.8 Å². The minimum Gasteiger partial charge on any atom is -0.352 e. The SMILES string of the molecule is CCCCCCCCCCCCCCCCNC(=O)c1ccc(S(=O)(=O)F)cc1. The zero-order valence-corrected chi connectivity index (χ0v) is 18.7. The van der Waals surface area contributed by atoms with E-state index in [2.05, 4.69) is 12.2 Å². The first-order chi connectivity index (χ1) is 13.9. The zero-order chi connectivity index (χ0) is 21.4. The van der Waals surface area contributed by atoms with Crippen molar-refractivity contribution in [2.45, 2.75) is 102 Å². The average molecular weight is 428 g/mol. The van der Waals surface area contributed by atoms with Crippen LogP contribution in [0.15, 0.2) is 29.2 Å². The van der Waals surface area contributed by atoms with Crippen LogP contribution in [0.4, 0.5) is 3.89 Å². The maximum atomic E-state index is 12.8. The number of hydrogen-bond acceptors (Lipinski definition) is 3. The molecule has 4 nitrogen and oxygen atoms in total. The molecule has 29 heavy (non-hydrogen) atoms. The molecule has 0 aliphatic carbocycles. The molecule has 6 heteroatoms. The number of unbranched alkanes of at least 4 members (excludes halogenated alkanes) is 13. The highest BCUT2D eigenvalue weighted by molar-refractivity contribution is 7.86. The maximum Gasteiger partial charge on any atom is 0.332 e. The third-order valence-electron chi connectivity index (χ3n) is 5.21. The third kappa shape index (κ3) is 12.7. The number of halogens is 1. The topological polar surface area (TPSA) is 63.2 Å². The highest BCUT2D eigenvalue weighted by Crippen LogP contribution is 2.14. The van der Waals surface area contributed by atoms with E-state index in [9.17, 15) is 17.1 Å². The van der Waals surface area contributed by atoms with Gasteiger partial charge in [0, 0.05) is 12.1 Å². The van der Waals surface area contributed by atoms with E-state index < -0.39 is 15.1 Å². The standard InChI is InChI=1S/C23H38FNO3S/c1-2-3-4-5-6-7-8-9-10-11-12-13-14-15-20-25-23(26)21-16-18-22(19-17-21)29(24,27)28/h16-19H,2-15,20H2,1H3,(H,25,26). The molecular formula is C23H38FNO3S. The Balaban J connectivity index is 1.95. The number of carbonyl (C=O) groups excluding carboxylic acids is 1.